The zero-order valence-electron chi connectivity index (χ0n) is 33.5. The number of anilines is 2. The Hall–Kier alpha value is -4.93. The molecule has 55 heavy (non-hydrogen) atoms. The van der Waals surface area contributed by atoms with E-state index < -0.39 is 0 Å². The van der Waals surface area contributed by atoms with Crippen LogP contribution in [-0.2, 0) is 23.9 Å². The molecule has 0 bridgehead atoms. The number of carbonyl (C=O) groups is 3. The average molecular weight is 755 g/mol. The maximum Gasteiger partial charge on any atom is 0.339 e. The number of ether oxygens (including phenoxy) is 2. The maximum atomic E-state index is 12.6. The molecule has 0 atom stereocenters. The molecule has 10 heteroatoms. The SMILES string of the molecule is C=C(C[N+]1(C)CCN(c2ccc(/C=C/C(=O)/C=C(O)/C=C/c3ccc(N4CC[N+](C)(CC(=C)C(=O)OCCCC)CC4)cc3)cc2)CC1)C(=O)OCCCC. The molecule has 0 saturated carbocycles. The fraction of sp³-hybridized carbons (Fsp3) is 0.444. The molecule has 2 aliphatic heterocycles. The van der Waals surface area contributed by atoms with E-state index in [2.05, 4.69) is 75.2 Å². The molecule has 0 spiro atoms. The predicted molar refractivity (Wildman–Crippen MR) is 223 cm³/mol. The van der Waals surface area contributed by atoms with Gasteiger partial charge in [-0.15, -0.1) is 0 Å². The van der Waals surface area contributed by atoms with Crippen molar-refractivity contribution in [2.45, 2.75) is 39.5 Å². The summed E-state index contributed by atoms with van der Waals surface area (Å²) in [5, 5.41) is 10.4. The van der Waals surface area contributed by atoms with Crippen molar-refractivity contribution in [2.75, 3.05) is 103 Å². The Morgan fingerprint density at radius 1 is 0.673 bits per heavy atom. The summed E-state index contributed by atoms with van der Waals surface area (Å²) in [5.74, 6) is -1.00. The lowest BCUT2D eigenvalue weighted by Gasteiger charge is -2.43. The Bertz CT molecular complexity index is 1710. The number of quaternary nitrogens is 2. The number of allylic oxidation sites excluding steroid dienone is 3. The number of hydrogen-bond donors (Lipinski definition) is 1. The lowest BCUT2D eigenvalue weighted by atomic mass is 10.1. The van der Waals surface area contributed by atoms with Gasteiger partial charge < -0.3 is 33.3 Å². The fourth-order valence-corrected chi connectivity index (χ4v) is 6.80. The normalized spacial score (nSPS) is 17.0. The lowest BCUT2D eigenvalue weighted by molar-refractivity contribution is -0.905. The highest BCUT2D eigenvalue weighted by atomic mass is 16.5. The molecule has 0 radical (unpaired) electrons. The van der Waals surface area contributed by atoms with Crippen LogP contribution in [0.2, 0.25) is 0 Å². The molecule has 2 heterocycles. The third kappa shape index (κ3) is 13.7. The van der Waals surface area contributed by atoms with Crippen LogP contribution in [0, 0.1) is 0 Å². The highest BCUT2D eigenvalue weighted by Gasteiger charge is 2.32. The molecular weight excluding hydrogens is 693 g/mol. The van der Waals surface area contributed by atoms with Crippen LogP contribution < -0.4 is 9.80 Å². The second kappa shape index (κ2) is 20.7. The van der Waals surface area contributed by atoms with Crippen LogP contribution in [-0.4, -0.2) is 125 Å². The van der Waals surface area contributed by atoms with Gasteiger partial charge in [0.25, 0.3) is 0 Å². The van der Waals surface area contributed by atoms with Crippen molar-refractivity contribution in [3.05, 3.63) is 108 Å². The van der Waals surface area contributed by atoms with Gasteiger partial charge >= 0.3 is 11.9 Å². The molecule has 0 amide bonds. The Balaban J connectivity index is 1.19. The van der Waals surface area contributed by atoms with Crippen molar-refractivity contribution >= 4 is 41.2 Å². The Morgan fingerprint density at radius 2 is 1.05 bits per heavy atom. The highest BCUT2D eigenvalue weighted by molar-refractivity contribution is 6.02. The number of hydrogen-bond acceptors (Lipinski definition) is 8. The molecule has 2 fully saturated rings. The number of esters is 2. The molecule has 1 N–H and O–H groups in total. The lowest BCUT2D eigenvalue weighted by Crippen LogP contribution is -2.58. The van der Waals surface area contributed by atoms with Crippen LogP contribution in [0.25, 0.3) is 12.2 Å². The van der Waals surface area contributed by atoms with Gasteiger partial charge in [-0.3, -0.25) is 4.79 Å². The summed E-state index contributed by atoms with van der Waals surface area (Å²) in [6.07, 6.45) is 11.4. The largest absolute Gasteiger partial charge is 0.508 e. The molecule has 2 aromatic rings. The minimum atomic E-state index is -0.307. The Labute approximate surface area is 328 Å². The maximum absolute atomic E-state index is 12.6. The molecular formula is C45H62N4O6+2. The number of ketones is 1. The van der Waals surface area contributed by atoms with E-state index >= 15 is 0 Å². The van der Waals surface area contributed by atoms with E-state index in [1.54, 1.807) is 12.2 Å². The second-order valence-corrected chi connectivity index (χ2v) is 15.4. The van der Waals surface area contributed by atoms with Crippen LogP contribution in [0.3, 0.4) is 0 Å². The molecule has 296 valence electrons. The number of carbonyl (C=O) groups excluding carboxylic acids is 3. The summed E-state index contributed by atoms with van der Waals surface area (Å²) >= 11 is 0. The summed E-state index contributed by atoms with van der Waals surface area (Å²) < 4.78 is 12.2. The van der Waals surface area contributed by atoms with Crippen molar-refractivity contribution in [3.8, 4) is 0 Å². The van der Waals surface area contributed by atoms with Crippen LogP contribution in [0.5, 0.6) is 0 Å². The highest BCUT2D eigenvalue weighted by Crippen LogP contribution is 2.23. The first-order chi connectivity index (χ1) is 26.3. The van der Waals surface area contributed by atoms with Gasteiger partial charge in [-0.1, -0.05) is 76.3 Å². The summed E-state index contributed by atoms with van der Waals surface area (Å²) in [6, 6.07) is 16.2. The van der Waals surface area contributed by atoms with Crippen molar-refractivity contribution in [2.24, 2.45) is 0 Å². The number of nitrogens with zero attached hydrogens (tertiary/aromatic N) is 4. The Morgan fingerprint density at radius 3 is 1.44 bits per heavy atom. The molecule has 2 saturated heterocycles. The van der Waals surface area contributed by atoms with Gasteiger partial charge in [0.15, 0.2) is 5.78 Å². The second-order valence-electron chi connectivity index (χ2n) is 15.4. The van der Waals surface area contributed by atoms with Gasteiger partial charge in [0, 0.05) is 17.5 Å². The number of benzene rings is 2. The number of likely N-dealkylation sites (N-methyl/N-ethyl adjacent to an activating group) is 2. The van der Waals surface area contributed by atoms with E-state index in [1.165, 1.54) is 18.2 Å². The zero-order chi connectivity index (χ0) is 39.8. The molecule has 2 aliphatic rings. The van der Waals surface area contributed by atoms with Crippen molar-refractivity contribution in [1.82, 2.24) is 0 Å². The minimum absolute atomic E-state index is 0.120. The molecule has 2 aromatic carbocycles. The number of piperazine rings is 2. The quantitative estimate of drug-likeness (QED) is 0.0420. The fourth-order valence-electron chi connectivity index (χ4n) is 6.80. The monoisotopic (exact) mass is 754 g/mol. The third-order valence-corrected chi connectivity index (χ3v) is 10.5. The predicted octanol–water partition coefficient (Wildman–Crippen LogP) is 6.76. The standard InChI is InChI=1S/C45H61N4O6/c1-7-9-31-54-44(52)36(3)34-48(5)27-23-46(24-28-48)40-17-11-38(12-18-40)15-21-42(50)33-43(51)22-16-39-13-19-41(20-14-39)47-25-29-49(6,30-26-47)35-37(4)45(53)55-32-10-8-2/h11-22,33H,3-4,7-10,23-32,34-35H2,1-2,5-6H3/q+1/p+1/b21-15+,22-16+. The van der Waals surface area contributed by atoms with Gasteiger partial charge in [-0.05, 0) is 60.4 Å². The van der Waals surface area contributed by atoms with Gasteiger partial charge in [-0.25, -0.2) is 9.59 Å². The van der Waals surface area contributed by atoms with E-state index in [0.717, 1.165) is 110 Å². The zero-order valence-corrected chi connectivity index (χ0v) is 33.5. The smallest absolute Gasteiger partial charge is 0.339 e. The van der Waals surface area contributed by atoms with Crippen molar-refractivity contribution in [1.29, 1.82) is 0 Å². The summed E-state index contributed by atoms with van der Waals surface area (Å²) in [4.78, 5) is 41.8. The van der Waals surface area contributed by atoms with Crippen LogP contribution in [0.1, 0.15) is 50.7 Å². The van der Waals surface area contributed by atoms with Crippen LogP contribution >= 0.6 is 0 Å². The topological polar surface area (TPSA) is 96.4 Å². The number of rotatable bonds is 19. The van der Waals surface area contributed by atoms with E-state index in [9.17, 15) is 19.5 Å². The van der Waals surface area contributed by atoms with E-state index in [-0.39, 0.29) is 23.5 Å². The van der Waals surface area contributed by atoms with Crippen molar-refractivity contribution < 1.29 is 37.9 Å². The number of aliphatic hydroxyl groups excluding tert-OH is 1. The number of unbranched alkanes of at least 4 members (excludes halogenated alkanes) is 2. The molecule has 0 aliphatic carbocycles. The average Bonchev–Trinajstić information content (AvgIpc) is 3.17. The van der Waals surface area contributed by atoms with Gasteiger partial charge in [0.05, 0.1) is 90.8 Å². The summed E-state index contributed by atoms with van der Waals surface area (Å²) in [7, 11) is 4.33. The van der Waals surface area contributed by atoms with Gasteiger partial charge in [0.1, 0.15) is 18.8 Å². The van der Waals surface area contributed by atoms with E-state index in [1.807, 2.05) is 24.3 Å². The molecule has 0 unspecified atom stereocenters. The molecule has 10 nitrogen and oxygen atoms in total. The summed E-state index contributed by atoms with van der Waals surface area (Å²) in [5.41, 5.74) is 5.09. The third-order valence-electron chi connectivity index (χ3n) is 10.5. The molecule has 0 aromatic heterocycles. The first-order valence-electron chi connectivity index (χ1n) is 19.7. The first kappa shape index (κ1) is 42.8. The number of aliphatic hydroxyl groups is 1. The van der Waals surface area contributed by atoms with E-state index in [4.69, 9.17) is 9.47 Å². The van der Waals surface area contributed by atoms with Gasteiger partial charge in [0.2, 0.25) is 0 Å². The van der Waals surface area contributed by atoms with Crippen LogP contribution in [0.4, 0.5) is 11.4 Å². The summed E-state index contributed by atoms with van der Waals surface area (Å²) in [6.45, 7) is 21.2. The van der Waals surface area contributed by atoms with Crippen molar-refractivity contribution in [3.63, 3.8) is 0 Å². The Kier molecular flexibility index (Phi) is 16.1. The van der Waals surface area contributed by atoms with Gasteiger partial charge in [-0.2, -0.15) is 0 Å². The van der Waals surface area contributed by atoms with Crippen LogP contribution in [0.15, 0.2) is 96.8 Å². The van der Waals surface area contributed by atoms with E-state index in [0.29, 0.717) is 37.4 Å². The molecule has 4 rings (SSSR count). The first-order valence-corrected chi connectivity index (χ1v) is 19.7. The minimum Gasteiger partial charge on any atom is -0.508 e.